The van der Waals surface area contributed by atoms with Crippen LogP contribution in [0.4, 0.5) is 0 Å². The molecule has 0 N–H and O–H groups in total. The van der Waals surface area contributed by atoms with Crippen LogP contribution in [0, 0.1) is 5.41 Å². The molecule has 1 atom stereocenters. The Morgan fingerprint density at radius 3 is 2.33 bits per heavy atom. The van der Waals surface area contributed by atoms with E-state index in [0.29, 0.717) is 13.0 Å². The summed E-state index contributed by atoms with van der Waals surface area (Å²) in [5.74, 6) is 0.192. The maximum Gasteiger partial charge on any atom is 0.225 e. The van der Waals surface area contributed by atoms with Gasteiger partial charge in [-0.3, -0.25) is 4.79 Å². The van der Waals surface area contributed by atoms with Crippen LogP contribution in [0.3, 0.4) is 0 Å². The van der Waals surface area contributed by atoms with Crippen LogP contribution in [-0.4, -0.2) is 29.2 Å². The standard InChI is InChI=1S/C12H23NO2/c1-9-13(12(5,6)8-15-9)10(14)7-11(2,3)4/h9H,7-8H2,1-6H3. The largest absolute Gasteiger partial charge is 0.356 e. The Kier molecular flexibility index (Phi) is 3.15. The van der Waals surface area contributed by atoms with E-state index in [1.807, 2.05) is 11.8 Å². The highest BCUT2D eigenvalue weighted by Crippen LogP contribution is 2.30. The number of hydrogen-bond acceptors (Lipinski definition) is 2. The lowest BCUT2D eigenvalue weighted by Crippen LogP contribution is -2.48. The molecular formula is C12H23NO2. The van der Waals surface area contributed by atoms with E-state index >= 15 is 0 Å². The number of carbonyl (C=O) groups is 1. The van der Waals surface area contributed by atoms with Gasteiger partial charge < -0.3 is 9.64 Å². The summed E-state index contributed by atoms with van der Waals surface area (Å²) in [6.07, 6.45) is 0.485. The zero-order chi connectivity index (χ0) is 11.9. The average molecular weight is 213 g/mol. The van der Waals surface area contributed by atoms with E-state index in [1.165, 1.54) is 0 Å². The van der Waals surface area contributed by atoms with Gasteiger partial charge in [-0.05, 0) is 26.2 Å². The number of rotatable bonds is 1. The Morgan fingerprint density at radius 2 is 2.00 bits per heavy atom. The van der Waals surface area contributed by atoms with Gasteiger partial charge in [-0.1, -0.05) is 20.8 Å². The Morgan fingerprint density at radius 1 is 1.47 bits per heavy atom. The number of nitrogens with zero attached hydrogens (tertiary/aromatic N) is 1. The van der Waals surface area contributed by atoms with Gasteiger partial charge in [-0.15, -0.1) is 0 Å². The quantitative estimate of drug-likeness (QED) is 0.669. The molecule has 0 aromatic carbocycles. The van der Waals surface area contributed by atoms with E-state index in [1.54, 1.807) is 0 Å². The van der Waals surface area contributed by atoms with Gasteiger partial charge in [0.15, 0.2) is 0 Å². The van der Waals surface area contributed by atoms with Crippen LogP contribution in [-0.2, 0) is 9.53 Å². The molecule has 1 saturated heterocycles. The van der Waals surface area contributed by atoms with E-state index < -0.39 is 0 Å². The highest BCUT2D eigenvalue weighted by atomic mass is 16.5. The summed E-state index contributed by atoms with van der Waals surface area (Å²) in [5, 5.41) is 0. The van der Waals surface area contributed by atoms with Gasteiger partial charge in [0.25, 0.3) is 0 Å². The van der Waals surface area contributed by atoms with Gasteiger partial charge in [0.2, 0.25) is 5.91 Å². The third-order valence-electron chi connectivity index (χ3n) is 2.64. The second-order valence-electron chi connectivity index (χ2n) is 6.22. The van der Waals surface area contributed by atoms with Crippen LogP contribution in [0.2, 0.25) is 0 Å². The second kappa shape index (κ2) is 3.78. The Hall–Kier alpha value is -0.570. The lowest BCUT2D eigenvalue weighted by molar-refractivity contribution is -0.141. The summed E-state index contributed by atoms with van der Waals surface area (Å²) in [6, 6.07) is 0. The van der Waals surface area contributed by atoms with Crippen LogP contribution in [0.5, 0.6) is 0 Å². The molecule has 1 rings (SSSR count). The molecule has 0 aromatic rings. The number of amides is 1. The van der Waals surface area contributed by atoms with Gasteiger partial charge in [-0.25, -0.2) is 0 Å². The summed E-state index contributed by atoms with van der Waals surface area (Å²) in [4.78, 5) is 14.0. The minimum atomic E-state index is -0.165. The second-order valence-corrected chi connectivity index (χ2v) is 6.22. The molecule has 0 spiro atoms. The Labute approximate surface area is 92.8 Å². The smallest absolute Gasteiger partial charge is 0.225 e. The van der Waals surface area contributed by atoms with Crippen LogP contribution in [0.15, 0.2) is 0 Å². The molecule has 0 bridgehead atoms. The first-order valence-corrected chi connectivity index (χ1v) is 5.57. The highest BCUT2D eigenvalue weighted by Gasteiger charge is 2.41. The molecule has 1 unspecified atom stereocenters. The molecule has 88 valence electrons. The topological polar surface area (TPSA) is 29.5 Å². The van der Waals surface area contributed by atoms with Crippen LogP contribution in [0.25, 0.3) is 0 Å². The van der Waals surface area contributed by atoms with Gasteiger partial charge in [-0.2, -0.15) is 0 Å². The average Bonchev–Trinajstić information content (AvgIpc) is 2.21. The summed E-state index contributed by atoms with van der Waals surface area (Å²) >= 11 is 0. The van der Waals surface area contributed by atoms with E-state index in [-0.39, 0.29) is 23.1 Å². The molecule has 0 aromatic heterocycles. The third-order valence-corrected chi connectivity index (χ3v) is 2.64. The molecule has 1 amide bonds. The minimum absolute atomic E-state index is 0.0372. The van der Waals surface area contributed by atoms with Crippen LogP contribution in [0.1, 0.15) is 48.0 Å². The van der Waals surface area contributed by atoms with Crippen LogP contribution >= 0.6 is 0 Å². The molecule has 0 radical (unpaired) electrons. The first-order valence-electron chi connectivity index (χ1n) is 5.57. The third kappa shape index (κ3) is 2.94. The van der Waals surface area contributed by atoms with E-state index in [0.717, 1.165) is 0 Å². The normalized spacial score (nSPS) is 25.7. The first kappa shape index (κ1) is 12.5. The Balaban J connectivity index is 2.74. The molecule has 1 aliphatic rings. The molecule has 0 aliphatic carbocycles. The lowest BCUT2D eigenvalue weighted by Gasteiger charge is -2.34. The van der Waals surface area contributed by atoms with Crippen molar-refractivity contribution in [2.24, 2.45) is 5.41 Å². The van der Waals surface area contributed by atoms with Crippen molar-refractivity contribution in [3.05, 3.63) is 0 Å². The summed E-state index contributed by atoms with van der Waals surface area (Å²) in [5.41, 5.74) is -0.128. The molecule has 3 heteroatoms. The van der Waals surface area contributed by atoms with Crippen molar-refractivity contribution in [2.45, 2.75) is 59.7 Å². The molecule has 1 heterocycles. The fourth-order valence-corrected chi connectivity index (χ4v) is 2.04. The number of hydrogen-bond donors (Lipinski definition) is 0. The fourth-order valence-electron chi connectivity index (χ4n) is 2.04. The zero-order valence-corrected chi connectivity index (χ0v) is 10.8. The SMILES string of the molecule is CC1OCC(C)(C)N1C(=O)CC(C)(C)C. The summed E-state index contributed by atoms with van der Waals surface area (Å²) in [6.45, 7) is 12.9. The predicted molar refractivity (Wildman–Crippen MR) is 60.4 cm³/mol. The van der Waals surface area contributed by atoms with Gasteiger partial charge in [0.05, 0.1) is 12.1 Å². The first-order chi connectivity index (χ1) is 6.63. The van der Waals surface area contributed by atoms with E-state index in [9.17, 15) is 4.79 Å². The molecular weight excluding hydrogens is 190 g/mol. The minimum Gasteiger partial charge on any atom is -0.356 e. The Bertz CT molecular complexity index is 253. The van der Waals surface area contributed by atoms with Crippen molar-refractivity contribution in [1.82, 2.24) is 4.90 Å². The highest BCUT2D eigenvalue weighted by molar-refractivity contribution is 5.78. The van der Waals surface area contributed by atoms with Crippen molar-refractivity contribution in [3.8, 4) is 0 Å². The molecule has 3 nitrogen and oxygen atoms in total. The lowest BCUT2D eigenvalue weighted by atomic mass is 9.90. The van der Waals surface area contributed by atoms with Crippen molar-refractivity contribution in [2.75, 3.05) is 6.61 Å². The van der Waals surface area contributed by atoms with Crippen LogP contribution < -0.4 is 0 Å². The van der Waals surface area contributed by atoms with Crippen molar-refractivity contribution in [3.63, 3.8) is 0 Å². The molecule has 15 heavy (non-hydrogen) atoms. The van der Waals surface area contributed by atoms with Crippen molar-refractivity contribution >= 4 is 5.91 Å². The monoisotopic (exact) mass is 213 g/mol. The van der Waals surface area contributed by atoms with E-state index in [4.69, 9.17) is 4.74 Å². The van der Waals surface area contributed by atoms with Gasteiger partial charge in [0, 0.05) is 6.42 Å². The maximum atomic E-state index is 12.1. The summed E-state index contributed by atoms with van der Waals surface area (Å²) in [7, 11) is 0. The zero-order valence-electron chi connectivity index (χ0n) is 10.8. The number of ether oxygens (including phenoxy) is 1. The summed E-state index contributed by atoms with van der Waals surface area (Å²) < 4.78 is 5.52. The van der Waals surface area contributed by atoms with Crippen molar-refractivity contribution in [1.29, 1.82) is 0 Å². The van der Waals surface area contributed by atoms with Gasteiger partial charge >= 0.3 is 0 Å². The molecule has 1 fully saturated rings. The van der Waals surface area contributed by atoms with Gasteiger partial charge in [0.1, 0.15) is 6.23 Å². The van der Waals surface area contributed by atoms with E-state index in [2.05, 4.69) is 34.6 Å². The van der Waals surface area contributed by atoms with Crippen molar-refractivity contribution < 1.29 is 9.53 Å². The maximum absolute atomic E-state index is 12.1. The number of carbonyl (C=O) groups excluding carboxylic acids is 1. The fraction of sp³-hybridized carbons (Fsp3) is 0.917. The molecule has 0 saturated carbocycles. The molecule has 1 aliphatic heterocycles. The predicted octanol–water partition coefficient (Wildman–Crippen LogP) is 2.41.